The molecule has 2 amide bonds. The van der Waals surface area contributed by atoms with Crippen LogP contribution in [0.3, 0.4) is 0 Å². The fraction of sp³-hybridized carbons (Fsp3) is 0.467. The lowest BCUT2D eigenvalue weighted by Gasteiger charge is -2.34. The first-order chi connectivity index (χ1) is 10.0. The van der Waals surface area contributed by atoms with Gasteiger partial charge in [-0.05, 0) is 24.6 Å². The second-order valence-electron chi connectivity index (χ2n) is 5.21. The third kappa shape index (κ3) is 3.78. The molecule has 1 aromatic rings. The summed E-state index contributed by atoms with van der Waals surface area (Å²) in [7, 11) is 1.61. The van der Waals surface area contributed by atoms with Crippen molar-refractivity contribution in [1.29, 1.82) is 0 Å². The van der Waals surface area contributed by atoms with Crippen molar-refractivity contribution in [2.24, 2.45) is 0 Å². The van der Waals surface area contributed by atoms with Crippen molar-refractivity contribution in [3.05, 3.63) is 35.1 Å². The second kappa shape index (κ2) is 6.67. The normalized spacial score (nSPS) is 15.9. The Labute approximate surface area is 123 Å². The van der Waals surface area contributed by atoms with Crippen LogP contribution in [0.2, 0.25) is 0 Å². The van der Waals surface area contributed by atoms with E-state index in [0.29, 0.717) is 43.9 Å². The summed E-state index contributed by atoms with van der Waals surface area (Å²) in [6.45, 7) is 4.40. The van der Waals surface area contributed by atoms with Gasteiger partial charge in [-0.2, -0.15) is 0 Å². The minimum Gasteiger partial charge on any atom is -0.358 e. The van der Waals surface area contributed by atoms with Crippen LogP contribution in [0.5, 0.6) is 0 Å². The van der Waals surface area contributed by atoms with Crippen LogP contribution in [0, 0.1) is 12.7 Å². The number of nitrogens with one attached hydrogen (secondary N) is 1. The first-order valence-electron chi connectivity index (χ1n) is 6.99. The Bertz CT molecular complexity index is 540. The highest BCUT2D eigenvalue weighted by Crippen LogP contribution is 2.13. The molecule has 1 aromatic carbocycles. The number of halogens is 1. The van der Waals surface area contributed by atoms with Crippen LogP contribution in [0.15, 0.2) is 18.2 Å². The molecule has 2 rings (SSSR count). The van der Waals surface area contributed by atoms with E-state index in [1.165, 1.54) is 6.07 Å². The fourth-order valence-electron chi connectivity index (χ4n) is 2.30. The smallest absolute Gasteiger partial charge is 0.254 e. The number of benzene rings is 1. The summed E-state index contributed by atoms with van der Waals surface area (Å²) in [5.41, 5.74) is 0.903. The Hall–Kier alpha value is -1.95. The molecule has 0 bridgehead atoms. The van der Waals surface area contributed by atoms with Gasteiger partial charge in [0.25, 0.3) is 5.91 Å². The summed E-state index contributed by atoms with van der Waals surface area (Å²) < 4.78 is 13.5. The molecule has 0 radical (unpaired) electrons. The van der Waals surface area contributed by atoms with Gasteiger partial charge in [-0.3, -0.25) is 14.5 Å². The Morgan fingerprint density at radius 2 is 1.90 bits per heavy atom. The summed E-state index contributed by atoms with van der Waals surface area (Å²) in [5.74, 6) is -0.553. The van der Waals surface area contributed by atoms with Gasteiger partial charge in [-0.15, -0.1) is 0 Å². The summed E-state index contributed by atoms with van der Waals surface area (Å²) in [6, 6.07) is 4.55. The van der Waals surface area contributed by atoms with E-state index in [1.54, 1.807) is 31.0 Å². The number of aryl methyl sites for hydroxylation is 1. The maximum Gasteiger partial charge on any atom is 0.254 e. The third-order valence-corrected chi connectivity index (χ3v) is 3.72. The quantitative estimate of drug-likeness (QED) is 0.890. The predicted molar refractivity (Wildman–Crippen MR) is 77.5 cm³/mol. The van der Waals surface area contributed by atoms with Crippen LogP contribution < -0.4 is 5.32 Å². The van der Waals surface area contributed by atoms with Crippen molar-refractivity contribution < 1.29 is 14.0 Å². The highest BCUT2D eigenvalue weighted by Gasteiger charge is 2.23. The van der Waals surface area contributed by atoms with Gasteiger partial charge in [0, 0.05) is 38.8 Å². The molecule has 5 nitrogen and oxygen atoms in total. The zero-order valence-corrected chi connectivity index (χ0v) is 12.4. The van der Waals surface area contributed by atoms with Gasteiger partial charge in [0.2, 0.25) is 5.91 Å². The molecule has 0 atom stereocenters. The molecule has 6 heteroatoms. The number of likely N-dealkylation sites (N-methyl/N-ethyl adjacent to an activating group) is 1. The Kier molecular flexibility index (Phi) is 4.90. The van der Waals surface area contributed by atoms with Crippen molar-refractivity contribution in [3.8, 4) is 0 Å². The molecular formula is C15H20FN3O2. The number of amides is 2. The lowest BCUT2D eigenvalue weighted by Crippen LogP contribution is -2.50. The monoisotopic (exact) mass is 293 g/mol. The molecule has 1 aliphatic heterocycles. The van der Waals surface area contributed by atoms with Crippen LogP contribution in [0.1, 0.15) is 15.9 Å². The number of nitrogens with zero attached hydrogens (tertiary/aromatic N) is 2. The van der Waals surface area contributed by atoms with Crippen LogP contribution >= 0.6 is 0 Å². The molecule has 0 saturated carbocycles. The molecule has 1 fully saturated rings. The Morgan fingerprint density at radius 1 is 1.24 bits per heavy atom. The molecule has 0 aromatic heterocycles. The standard InChI is InChI=1S/C15H20FN3O2/c1-11-3-4-12(9-13(11)16)15(21)19-7-5-18(6-8-19)10-14(20)17-2/h3-4,9H,5-8,10H2,1-2H3,(H,17,20). The number of hydrogen-bond donors (Lipinski definition) is 1. The van der Waals surface area contributed by atoms with Crippen molar-refractivity contribution >= 4 is 11.8 Å². The van der Waals surface area contributed by atoms with Gasteiger partial charge in [0.05, 0.1) is 6.54 Å². The van der Waals surface area contributed by atoms with Crippen LogP contribution in [0.4, 0.5) is 4.39 Å². The number of rotatable bonds is 3. The average molecular weight is 293 g/mol. The lowest BCUT2D eigenvalue weighted by atomic mass is 10.1. The van der Waals surface area contributed by atoms with Gasteiger partial charge in [0.1, 0.15) is 5.82 Å². The zero-order chi connectivity index (χ0) is 15.4. The average Bonchev–Trinajstić information content (AvgIpc) is 2.50. The first kappa shape index (κ1) is 15.4. The van der Waals surface area contributed by atoms with E-state index in [4.69, 9.17) is 0 Å². The molecule has 0 unspecified atom stereocenters. The Morgan fingerprint density at radius 3 is 2.48 bits per heavy atom. The molecule has 0 spiro atoms. The van der Waals surface area contributed by atoms with E-state index in [0.717, 1.165) is 0 Å². The van der Waals surface area contributed by atoms with E-state index in [9.17, 15) is 14.0 Å². The van der Waals surface area contributed by atoms with E-state index < -0.39 is 0 Å². The highest BCUT2D eigenvalue weighted by atomic mass is 19.1. The summed E-state index contributed by atoms with van der Waals surface area (Å²) in [5, 5.41) is 2.58. The zero-order valence-electron chi connectivity index (χ0n) is 12.4. The lowest BCUT2D eigenvalue weighted by molar-refractivity contribution is -0.122. The SMILES string of the molecule is CNC(=O)CN1CCN(C(=O)c2ccc(C)c(F)c2)CC1. The summed E-state index contributed by atoms with van der Waals surface area (Å²) >= 11 is 0. The second-order valence-corrected chi connectivity index (χ2v) is 5.21. The van der Waals surface area contributed by atoms with Crippen LogP contribution in [-0.4, -0.2) is 61.4 Å². The molecular weight excluding hydrogens is 273 g/mol. The van der Waals surface area contributed by atoms with E-state index in [2.05, 4.69) is 5.32 Å². The molecule has 0 aliphatic carbocycles. The molecule has 1 heterocycles. The molecule has 1 saturated heterocycles. The van der Waals surface area contributed by atoms with Crippen molar-refractivity contribution in [3.63, 3.8) is 0 Å². The van der Waals surface area contributed by atoms with Gasteiger partial charge in [-0.25, -0.2) is 4.39 Å². The van der Waals surface area contributed by atoms with Gasteiger partial charge in [-0.1, -0.05) is 6.07 Å². The number of hydrogen-bond acceptors (Lipinski definition) is 3. The summed E-state index contributed by atoms with van der Waals surface area (Å²) in [4.78, 5) is 27.3. The molecule has 1 aliphatic rings. The van der Waals surface area contributed by atoms with Crippen LogP contribution in [0.25, 0.3) is 0 Å². The maximum atomic E-state index is 13.5. The van der Waals surface area contributed by atoms with E-state index in [-0.39, 0.29) is 17.6 Å². The maximum absolute atomic E-state index is 13.5. The minimum absolute atomic E-state index is 0.0321. The van der Waals surface area contributed by atoms with E-state index in [1.807, 2.05) is 4.90 Å². The number of piperazine rings is 1. The van der Waals surface area contributed by atoms with Crippen molar-refractivity contribution in [2.75, 3.05) is 39.8 Å². The Balaban J connectivity index is 1.93. The van der Waals surface area contributed by atoms with E-state index >= 15 is 0 Å². The molecule has 21 heavy (non-hydrogen) atoms. The highest BCUT2D eigenvalue weighted by molar-refractivity contribution is 5.94. The van der Waals surface area contributed by atoms with Gasteiger partial charge in [0.15, 0.2) is 0 Å². The van der Waals surface area contributed by atoms with Crippen molar-refractivity contribution in [2.45, 2.75) is 6.92 Å². The van der Waals surface area contributed by atoms with Gasteiger partial charge < -0.3 is 10.2 Å². The number of carbonyl (C=O) groups excluding carboxylic acids is 2. The molecule has 114 valence electrons. The minimum atomic E-state index is -0.362. The summed E-state index contributed by atoms with van der Waals surface area (Å²) in [6.07, 6.45) is 0. The molecule has 1 N–H and O–H groups in total. The van der Waals surface area contributed by atoms with Crippen LogP contribution in [-0.2, 0) is 4.79 Å². The first-order valence-corrected chi connectivity index (χ1v) is 6.99. The number of carbonyl (C=O) groups is 2. The fourth-order valence-corrected chi connectivity index (χ4v) is 2.30. The van der Waals surface area contributed by atoms with Crippen molar-refractivity contribution in [1.82, 2.24) is 15.1 Å². The van der Waals surface area contributed by atoms with Gasteiger partial charge >= 0.3 is 0 Å². The topological polar surface area (TPSA) is 52.7 Å². The predicted octanol–water partition coefficient (Wildman–Crippen LogP) is 0.638. The largest absolute Gasteiger partial charge is 0.358 e. The third-order valence-electron chi connectivity index (χ3n) is 3.72.